The van der Waals surface area contributed by atoms with E-state index in [-0.39, 0.29) is 11.8 Å². The minimum Gasteiger partial charge on any atom is -0.493 e. The lowest BCUT2D eigenvalue weighted by Crippen LogP contribution is -2.24. The Morgan fingerprint density at radius 1 is 1.05 bits per heavy atom. The molecule has 38 heavy (non-hydrogen) atoms. The number of aromatic nitrogens is 2. The first-order valence-electron chi connectivity index (χ1n) is 13.4. The quantitative estimate of drug-likeness (QED) is 0.225. The van der Waals surface area contributed by atoms with Crippen molar-refractivity contribution in [3.63, 3.8) is 0 Å². The zero-order valence-corrected chi connectivity index (χ0v) is 22.4. The van der Waals surface area contributed by atoms with Gasteiger partial charge in [0.15, 0.2) is 11.5 Å². The molecule has 1 saturated heterocycles. The summed E-state index contributed by atoms with van der Waals surface area (Å²) in [6.45, 7) is 6.07. The molecule has 1 amide bonds. The fraction of sp³-hybridized carbons (Fsp3) is 0.312. The van der Waals surface area contributed by atoms with Crippen LogP contribution in [0.4, 0.5) is 5.69 Å². The smallest absolute Gasteiger partial charge is 0.227 e. The lowest BCUT2D eigenvalue weighted by Gasteiger charge is -2.18. The second-order valence-electron chi connectivity index (χ2n) is 9.65. The molecule has 6 nitrogen and oxygen atoms in total. The van der Waals surface area contributed by atoms with Gasteiger partial charge in [0.05, 0.1) is 24.8 Å². The number of aryl methyl sites for hydroxylation is 2. The maximum Gasteiger partial charge on any atom is 0.227 e. The molecule has 1 fully saturated rings. The Morgan fingerprint density at radius 2 is 1.87 bits per heavy atom. The molecular weight excluding hydrogens is 474 g/mol. The molecule has 0 bridgehead atoms. The molecule has 1 aliphatic heterocycles. The van der Waals surface area contributed by atoms with Gasteiger partial charge in [0.1, 0.15) is 5.82 Å². The van der Waals surface area contributed by atoms with Crippen LogP contribution in [-0.2, 0) is 17.8 Å². The third kappa shape index (κ3) is 5.30. The van der Waals surface area contributed by atoms with Crippen molar-refractivity contribution in [2.75, 3.05) is 25.2 Å². The molecule has 1 atom stereocenters. The molecule has 0 radical (unpaired) electrons. The topological polar surface area (TPSA) is 56.6 Å². The Hall–Kier alpha value is -4.06. The van der Waals surface area contributed by atoms with Gasteiger partial charge in [0.2, 0.25) is 5.91 Å². The van der Waals surface area contributed by atoms with Crippen LogP contribution in [0.15, 0.2) is 72.8 Å². The molecule has 1 aromatic heterocycles. The molecular formula is C32H35N3O3. The standard InChI is InChI=1S/C32H35N3O3/c1-4-9-24-14-17-29(30(20-24)37-3)38-19-8-18-34-28-11-7-6-10-27(28)33-32(34)25-21-31(36)35(22-25)26-15-12-23(5-2)13-16-26/h4,6-7,9-17,20,25H,5,8,18-19,21-22H2,1-3H3/b9-4+. The van der Waals surface area contributed by atoms with Gasteiger partial charge in [-0.05, 0) is 67.3 Å². The molecule has 0 spiro atoms. The van der Waals surface area contributed by atoms with Crippen molar-refractivity contribution in [1.29, 1.82) is 0 Å². The summed E-state index contributed by atoms with van der Waals surface area (Å²) in [6.07, 6.45) is 6.29. The summed E-state index contributed by atoms with van der Waals surface area (Å²) in [4.78, 5) is 19.9. The highest BCUT2D eigenvalue weighted by molar-refractivity contribution is 5.96. The molecule has 0 saturated carbocycles. The Bertz CT molecular complexity index is 1440. The number of rotatable bonds is 10. The summed E-state index contributed by atoms with van der Waals surface area (Å²) in [7, 11) is 1.66. The van der Waals surface area contributed by atoms with Crippen LogP contribution in [0.25, 0.3) is 17.1 Å². The number of nitrogens with zero attached hydrogens (tertiary/aromatic N) is 3. The average Bonchev–Trinajstić information content (AvgIpc) is 3.52. The van der Waals surface area contributed by atoms with Gasteiger partial charge in [-0.25, -0.2) is 4.98 Å². The van der Waals surface area contributed by atoms with E-state index in [2.05, 4.69) is 41.8 Å². The molecule has 2 heterocycles. The van der Waals surface area contributed by atoms with Crippen molar-refractivity contribution in [3.05, 3.63) is 89.8 Å². The minimum atomic E-state index is 0.0425. The normalized spacial score (nSPS) is 15.6. The number of imidazole rings is 1. The van der Waals surface area contributed by atoms with E-state index < -0.39 is 0 Å². The van der Waals surface area contributed by atoms with Crippen molar-refractivity contribution < 1.29 is 14.3 Å². The number of amides is 1. The molecule has 1 unspecified atom stereocenters. The maximum absolute atomic E-state index is 13.0. The van der Waals surface area contributed by atoms with Gasteiger partial charge in [0, 0.05) is 31.1 Å². The summed E-state index contributed by atoms with van der Waals surface area (Å²) < 4.78 is 13.9. The van der Waals surface area contributed by atoms with E-state index in [1.807, 2.05) is 60.4 Å². The number of methoxy groups -OCH3 is 1. The van der Waals surface area contributed by atoms with Gasteiger partial charge in [-0.2, -0.15) is 0 Å². The molecule has 0 aliphatic carbocycles. The van der Waals surface area contributed by atoms with Crippen LogP contribution in [0, 0.1) is 0 Å². The molecule has 0 N–H and O–H groups in total. The van der Waals surface area contributed by atoms with E-state index in [1.165, 1.54) is 5.56 Å². The second-order valence-corrected chi connectivity index (χ2v) is 9.65. The second kappa shape index (κ2) is 11.5. The zero-order valence-electron chi connectivity index (χ0n) is 22.4. The summed E-state index contributed by atoms with van der Waals surface area (Å²) in [5.41, 5.74) is 5.36. The van der Waals surface area contributed by atoms with Gasteiger partial charge < -0.3 is 18.9 Å². The van der Waals surface area contributed by atoms with E-state index in [0.717, 1.165) is 59.0 Å². The third-order valence-corrected chi connectivity index (χ3v) is 7.16. The summed E-state index contributed by atoms with van der Waals surface area (Å²) >= 11 is 0. The van der Waals surface area contributed by atoms with Crippen LogP contribution in [-0.4, -0.2) is 35.7 Å². The van der Waals surface area contributed by atoms with E-state index in [9.17, 15) is 4.79 Å². The summed E-state index contributed by atoms with van der Waals surface area (Å²) in [5, 5.41) is 0. The van der Waals surface area contributed by atoms with Gasteiger partial charge >= 0.3 is 0 Å². The van der Waals surface area contributed by atoms with Crippen molar-refractivity contribution in [2.45, 2.75) is 45.6 Å². The minimum absolute atomic E-state index is 0.0425. The van der Waals surface area contributed by atoms with Crippen LogP contribution in [0.5, 0.6) is 11.5 Å². The molecule has 1 aliphatic rings. The van der Waals surface area contributed by atoms with E-state index in [1.54, 1.807) is 7.11 Å². The Balaban J connectivity index is 1.31. The van der Waals surface area contributed by atoms with E-state index >= 15 is 0 Å². The number of carbonyl (C=O) groups is 1. The Labute approximate surface area is 224 Å². The van der Waals surface area contributed by atoms with Crippen molar-refractivity contribution in [2.24, 2.45) is 0 Å². The molecule has 3 aromatic carbocycles. The first-order chi connectivity index (χ1) is 18.6. The van der Waals surface area contributed by atoms with Crippen LogP contribution < -0.4 is 14.4 Å². The number of hydrogen-bond acceptors (Lipinski definition) is 4. The van der Waals surface area contributed by atoms with Crippen molar-refractivity contribution in [3.8, 4) is 11.5 Å². The Kier molecular flexibility index (Phi) is 7.78. The highest BCUT2D eigenvalue weighted by atomic mass is 16.5. The van der Waals surface area contributed by atoms with Gasteiger partial charge in [-0.1, -0.05) is 49.4 Å². The monoisotopic (exact) mass is 509 g/mol. The predicted molar refractivity (Wildman–Crippen MR) is 153 cm³/mol. The number of carbonyl (C=O) groups excluding carboxylic acids is 1. The number of fused-ring (bicyclic) bond motifs is 1. The van der Waals surface area contributed by atoms with E-state index in [0.29, 0.717) is 19.6 Å². The van der Waals surface area contributed by atoms with Crippen molar-refractivity contribution >= 4 is 28.7 Å². The first-order valence-corrected chi connectivity index (χ1v) is 13.4. The molecule has 5 rings (SSSR count). The first kappa shape index (κ1) is 25.6. The Morgan fingerprint density at radius 3 is 2.63 bits per heavy atom. The number of para-hydroxylation sites is 2. The average molecular weight is 510 g/mol. The van der Waals surface area contributed by atoms with Crippen LogP contribution in [0.2, 0.25) is 0 Å². The molecule has 196 valence electrons. The highest BCUT2D eigenvalue weighted by Crippen LogP contribution is 2.34. The summed E-state index contributed by atoms with van der Waals surface area (Å²) in [6, 6.07) is 22.5. The van der Waals surface area contributed by atoms with Gasteiger partial charge in [-0.15, -0.1) is 0 Å². The maximum atomic E-state index is 13.0. The van der Waals surface area contributed by atoms with Crippen LogP contribution in [0.1, 0.15) is 49.6 Å². The molecule has 6 heteroatoms. The van der Waals surface area contributed by atoms with E-state index in [4.69, 9.17) is 14.5 Å². The zero-order chi connectivity index (χ0) is 26.5. The predicted octanol–water partition coefficient (Wildman–Crippen LogP) is 6.63. The summed E-state index contributed by atoms with van der Waals surface area (Å²) in [5.74, 6) is 2.63. The fourth-order valence-electron chi connectivity index (χ4n) is 5.19. The van der Waals surface area contributed by atoms with Crippen molar-refractivity contribution in [1.82, 2.24) is 9.55 Å². The SMILES string of the molecule is C/C=C/c1ccc(OCCCn2c(C3CC(=O)N(c4ccc(CC)cc4)C3)nc3ccccc32)c(OC)c1. The highest BCUT2D eigenvalue weighted by Gasteiger charge is 2.34. The van der Waals surface area contributed by atoms with Crippen LogP contribution >= 0.6 is 0 Å². The largest absolute Gasteiger partial charge is 0.493 e. The number of hydrogen-bond donors (Lipinski definition) is 0. The number of benzene rings is 3. The third-order valence-electron chi connectivity index (χ3n) is 7.16. The fourth-order valence-corrected chi connectivity index (χ4v) is 5.19. The number of allylic oxidation sites excluding steroid dienone is 1. The van der Waals surface area contributed by atoms with Crippen LogP contribution in [0.3, 0.4) is 0 Å². The lowest BCUT2D eigenvalue weighted by molar-refractivity contribution is -0.117. The van der Waals surface area contributed by atoms with Gasteiger partial charge in [-0.3, -0.25) is 4.79 Å². The number of ether oxygens (including phenoxy) is 2. The lowest BCUT2D eigenvalue weighted by atomic mass is 10.1. The van der Waals surface area contributed by atoms with Gasteiger partial charge in [0.25, 0.3) is 0 Å². The number of anilines is 1. The molecule has 4 aromatic rings.